The largest absolute Gasteiger partial charge is 0.390 e. The molecule has 0 amide bonds. The van der Waals surface area contributed by atoms with Crippen molar-refractivity contribution in [2.24, 2.45) is 5.92 Å². The number of hydrogen-bond donors (Lipinski definition) is 1. The SMILES string of the molecule is CC1=CC(C(C)(C)O)CCC1. The van der Waals surface area contributed by atoms with Gasteiger partial charge in [0.05, 0.1) is 5.60 Å². The molecule has 0 heterocycles. The molecule has 0 bridgehead atoms. The highest BCUT2D eigenvalue weighted by atomic mass is 16.3. The molecule has 0 radical (unpaired) electrons. The summed E-state index contributed by atoms with van der Waals surface area (Å²) in [5.74, 6) is 0.372. The van der Waals surface area contributed by atoms with Crippen LogP contribution in [0.5, 0.6) is 0 Å². The van der Waals surface area contributed by atoms with Crippen molar-refractivity contribution >= 4 is 0 Å². The van der Waals surface area contributed by atoms with Crippen molar-refractivity contribution in [2.45, 2.75) is 45.6 Å². The summed E-state index contributed by atoms with van der Waals surface area (Å²) in [5, 5.41) is 9.72. The third kappa shape index (κ3) is 2.33. The predicted molar refractivity (Wildman–Crippen MR) is 47.4 cm³/mol. The lowest BCUT2D eigenvalue weighted by atomic mass is 9.81. The maximum atomic E-state index is 9.72. The Hall–Kier alpha value is -0.300. The van der Waals surface area contributed by atoms with Gasteiger partial charge < -0.3 is 5.11 Å². The van der Waals surface area contributed by atoms with Crippen LogP contribution >= 0.6 is 0 Å². The summed E-state index contributed by atoms with van der Waals surface area (Å²) in [6.45, 7) is 5.94. The molecule has 0 aromatic rings. The van der Waals surface area contributed by atoms with Crippen molar-refractivity contribution in [3.05, 3.63) is 11.6 Å². The van der Waals surface area contributed by atoms with Gasteiger partial charge in [-0.05, 0) is 40.0 Å². The normalized spacial score (nSPS) is 26.5. The van der Waals surface area contributed by atoms with E-state index in [0.29, 0.717) is 5.92 Å². The van der Waals surface area contributed by atoms with Gasteiger partial charge in [0.15, 0.2) is 0 Å². The van der Waals surface area contributed by atoms with Crippen LogP contribution in [0.4, 0.5) is 0 Å². The molecule has 1 nitrogen and oxygen atoms in total. The standard InChI is InChI=1S/C10H18O/c1-8-5-4-6-9(7-8)10(2,3)11/h7,9,11H,4-6H2,1-3H3. The molecular weight excluding hydrogens is 136 g/mol. The highest BCUT2D eigenvalue weighted by Gasteiger charge is 2.26. The van der Waals surface area contributed by atoms with Gasteiger partial charge in [0, 0.05) is 5.92 Å². The molecule has 1 aliphatic carbocycles. The minimum absolute atomic E-state index is 0.372. The van der Waals surface area contributed by atoms with Crippen molar-refractivity contribution in [3.8, 4) is 0 Å². The molecule has 0 aliphatic heterocycles. The molecule has 1 N–H and O–H groups in total. The molecular formula is C10H18O. The Labute approximate surface area is 69.1 Å². The zero-order chi connectivity index (χ0) is 8.48. The minimum atomic E-state index is -0.526. The molecule has 1 unspecified atom stereocenters. The van der Waals surface area contributed by atoms with Crippen LogP contribution < -0.4 is 0 Å². The lowest BCUT2D eigenvalue weighted by Crippen LogP contribution is -2.30. The van der Waals surface area contributed by atoms with Crippen molar-refractivity contribution < 1.29 is 5.11 Å². The van der Waals surface area contributed by atoms with E-state index in [1.807, 2.05) is 13.8 Å². The molecule has 64 valence electrons. The van der Waals surface area contributed by atoms with E-state index in [-0.39, 0.29) is 0 Å². The monoisotopic (exact) mass is 154 g/mol. The lowest BCUT2D eigenvalue weighted by Gasteiger charge is -2.30. The summed E-state index contributed by atoms with van der Waals surface area (Å²) in [5.41, 5.74) is 0.908. The third-order valence-corrected chi connectivity index (χ3v) is 2.48. The van der Waals surface area contributed by atoms with E-state index in [0.717, 1.165) is 6.42 Å². The molecule has 0 saturated carbocycles. The van der Waals surface area contributed by atoms with Gasteiger partial charge in [0.25, 0.3) is 0 Å². The zero-order valence-electron chi connectivity index (χ0n) is 7.72. The zero-order valence-corrected chi connectivity index (χ0v) is 7.72. The fourth-order valence-corrected chi connectivity index (χ4v) is 1.67. The molecule has 0 spiro atoms. The van der Waals surface area contributed by atoms with Crippen LogP contribution in [-0.4, -0.2) is 10.7 Å². The molecule has 11 heavy (non-hydrogen) atoms. The van der Waals surface area contributed by atoms with E-state index in [1.54, 1.807) is 0 Å². The Balaban J connectivity index is 2.67. The Morgan fingerprint density at radius 3 is 2.55 bits per heavy atom. The molecule has 0 aromatic carbocycles. The van der Waals surface area contributed by atoms with Crippen molar-refractivity contribution in [2.75, 3.05) is 0 Å². The van der Waals surface area contributed by atoms with Gasteiger partial charge in [-0.25, -0.2) is 0 Å². The second kappa shape index (κ2) is 2.98. The summed E-state index contributed by atoms with van der Waals surface area (Å²) in [6, 6.07) is 0. The van der Waals surface area contributed by atoms with Gasteiger partial charge in [-0.1, -0.05) is 11.6 Å². The van der Waals surface area contributed by atoms with Gasteiger partial charge in [0.1, 0.15) is 0 Å². The summed E-state index contributed by atoms with van der Waals surface area (Å²) in [6.07, 6.45) is 5.81. The summed E-state index contributed by atoms with van der Waals surface area (Å²) in [7, 11) is 0. The van der Waals surface area contributed by atoms with Crippen LogP contribution in [0.2, 0.25) is 0 Å². The maximum absolute atomic E-state index is 9.72. The maximum Gasteiger partial charge on any atom is 0.0654 e. The fraction of sp³-hybridized carbons (Fsp3) is 0.800. The number of aliphatic hydroxyl groups is 1. The van der Waals surface area contributed by atoms with Crippen molar-refractivity contribution in [1.82, 2.24) is 0 Å². The van der Waals surface area contributed by atoms with Gasteiger partial charge >= 0.3 is 0 Å². The Kier molecular flexibility index (Phi) is 2.38. The number of allylic oxidation sites excluding steroid dienone is 1. The van der Waals surface area contributed by atoms with E-state index < -0.39 is 5.60 Å². The molecule has 1 atom stereocenters. The number of rotatable bonds is 1. The quantitative estimate of drug-likeness (QED) is 0.575. The van der Waals surface area contributed by atoms with Gasteiger partial charge in [-0.15, -0.1) is 0 Å². The van der Waals surface area contributed by atoms with Crippen LogP contribution in [0.25, 0.3) is 0 Å². The topological polar surface area (TPSA) is 20.2 Å². The highest BCUT2D eigenvalue weighted by molar-refractivity contribution is 5.08. The Morgan fingerprint density at radius 2 is 2.18 bits per heavy atom. The van der Waals surface area contributed by atoms with Crippen LogP contribution in [0.15, 0.2) is 11.6 Å². The van der Waals surface area contributed by atoms with E-state index >= 15 is 0 Å². The van der Waals surface area contributed by atoms with Gasteiger partial charge in [0.2, 0.25) is 0 Å². The smallest absolute Gasteiger partial charge is 0.0654 e. The first-order valence-electron chi connectivity index (χ1n) is 4.40. The second-order valence-electron chi connectivity index (χ2n) is 4.17. The van der Waals surface area contributed by atoms with Crippen molar-refractivity contribution in [3.63, 3.8) is 0 Å². The summed E-state index contributed by atoms with van der Waals surface area (Å²) >= 11 is 0. The predicted octanol–water partition coefficient (Wildman–Crippen LogP) is 2.50. The minimum Gasteiger partial charge on any atom is -0.390 e. The summed E-state index contributed by atoms with van der Waals surface area (Å²) in [4.78, 5) is 0. The van der Waals surface area contributed by atoms with E-state index in [4.69, 9.17) is 0 Å². The van der Waals surface area contributed by atoms with Crippen LogP contribution in [0.3, 0.4) is 0 Å². The van der Waals surface area contributed by atoms with E-state index in [2.05, 4.69) is 13.0 Å². The first-order valence-corrected chi connectivity index (χ1v) is 4.40. The fourth-order valence-electron chi connectivity index (χ4n) is 1.67. The average Bonchev–Trinajstić information content (AvgIpc) is 1.86. The molecule has 0 aromatic heterocycles. The van der Waals surface area contributed by atoms with E-state index in [1.165, 1.54) is 18.4 Å². The molecule has 1 aliphatic rings. The molecule has 1 rings (SSSR count). The molecule has 0 saturated heterocycles. The third-order valence-electron chi connectivity index (χ3n) is 2.48. The van der Waals surface area contributed by atoms with Crippen LogP contribution in [0.1, 0.15) is 40.0 Å². The molecule has 0 fully saturated rings. The second-order valence-corrected chi connectivity index (χ2v) is 4.17. The highest BCUT2D eigenvalue weighted by Crippen LogP contribution is 2.30. The Morgan fingerprint density at radius 1 is 1.55 bits per heavy atom. The lowest BCUT2D eigenvalue weighted by molar-refractivity contribution is 0.0307. The van der Waals surface area contributed by atoms with E-state index in [9.17, 15) is 5.11 Å². The first-order chi connectivity index (χ1) is 5.00. The van der Waals surface area contributed by atoms with Crippen LogP contribution in [-0.2, 0) is 0 Å². The summed E-state index contributed by atoms with van der Waals surface area (Å²) < 4.78 is 0. The molecule has 1 heteroatoms. The average molecular weight is 154 g/mol. The number of hydrogen-bond acceptors (Lipinski definition) is 1. The van der Waals surface area contributed by atoms with Gasteiger partial charge in [-0.3, -0.25) is 0 Å². The van der Waals surface area contributed by atoms with Crippen LogP contribution in [0, 0.1) is 5.92 Å². The van der Waals surface area contributed by atoms with Crippen molar-refractivity contribution in [1.29, 1.82) is 0 Å². The van der Waals surface area contributed by atoms with Gasteiger partial charge in [-0.2, -0.15) is 0 Å². The first kappa shape index (κ1) is 8.79. The Bertz CT molecular complexity index is 162.